The summed E-state index contributed by atoms with van der Waals surface area (Å²) in [6.07, 6.45) is 0.641. The number of aliphatic hydroxyl groups is 1. The van der Waals surface area contributed by atoms with Crippen LogP contribution in [0.2, 0.25) is 0 Å². The summed E-state index contributed by atoms with van der Waals surface area (Å²) in [6, 6.07) is 10.2. The number of benzene rings is 1. The van der Waals surface area contributed by atoms with E-state index in [1.807, 2.05) is 32.0 Å². The Labute approximate surface area is 93.4 Å². The average molecular weight is 226 g/mol. The zero-order valence-corrected chi connectivity index (χ0v) is 10.3. The van der Waals surface area contributed by atoms with Crippen LogP contribution in [-0.4, -0.2) is 30.1 Å². The Bertz CT molecular complexity index is 262. The van der Waals surface area contributed by atoms with Crippen LogP contribution in [0, 0.1) is 0 Å². The molecule has 15 heavy (non-hydrogen) atoms. The lowest BCUT2D eigenvalue weighted by Gasteiger charge is -2.13. The summed E-state index contributed by atoms with van der Waals surface area (Å²) in [5.41, 5.74) is 0. The van der Waals surface area contributed by atoms with Crippen LogP contribution in [0.1, 0.15) is 13.8 Å². The van der Waals surface area contributed by atoms with Crippen molar-refractivity contribution in [2.24, 2.45) is 0 Å². The number of hydrogen-bond acceptors (Lipinski definition) is 2. The maximum Gasteiger partial charge on any atom is 0.0813 e. The summed E-state index contributed by atoms with van der Waals surface area (Å²) in [5.74, 6) is 0. The van der Waals surface area contributed by atoms with E-state index in [2.05, 4.69) is 12.1 Å². The molecule has 0 fully saturated rings. The van der Waals surface area contributed by atoms with Gasteiger partial charge in [-0.2, -0.15) is 0 Å². The minimum atomic E-state index is -0.342. The quantitative estimate of drug-likeness (QED) is 0.749. The maximum absolute atomic E-state index is 9.64. The van der Waals surface area contributed by atoms with Crippen molar-refractivity contribution in [3.8, 4) is 0 Å². The van der Waals surface area contributed by atoms with Gasteiger partial charge in [0.25, 0.3) is 0 Å². The van der Waals surface area contributed by atoms with E-state index in [0.717, 1.165) is 6.16 Å². The molecule has 0 aliphatic heterocycles. The smallest absolute Gasteiger partial charge is 0.0813 e. The largest absolute Gasteiger partial charge is 0.390 e. The summed E-state index contributed by atoms with van der Waals surface area (Å²) in [6.45, 7) is 4.40. The third-order valence-electron chi connectivity index (χ3n) is 1.94. The van der Waals surface area contributed by atoms with Crippen molar-refractivity contribution < 1.29 is 9.84 Å². The molecule has 2 unspecified atom stereocenters. The van der Waals surface area contributed by atoms with Crippen LogP contribution in [0.4, 0.5) is 0 Å². The summed E-state index contributed by atoms with van der Waals surface area (Å²) >= 11 is 0. The average Bonchev–Trinajstić information content (AvgIpc) is 2.25. The van der Waals surface area contributed by atoms with Gasteiger partial charge in [-0.15, -0.1) is 0 Å². The maximum atomic E-state index is 9.64. The Morgan fingerprint density at radius 3 is 2.53 bits per heavy atom. The number of hydrogen-bond donors (Lipinski definition) is 1. The van der Waals surface area contributed by atoms with Crippen molar-refractivity contribution in [1.82, 2.24) is 0 Å². The van der Waals surface area contributed by atoms with E-state index in [4.69, 9.17) is 4.74 Å². The monoisotopic (exact) mass is 226 g/mol. The molecule has 1 N–H and O–H groups in total. The van der Waals surface area contributed by atoms with Crippen LogP contribution in [-0.2, 0) is 4.74 Å². The number of rotatable bonds is 6. The van der Waals surface area contributed by atoms with Gasteiger partial charge in [-0.05, 0) is 25.3 Å². The van der Waals surface area contributed by atoms with E-state index in [1.165, 1.54) is 5.30 Å². The van der Waals surface area contributed by atoms with Gasteiger partial charge in [-0.25, -0.2) is 0 Å². The molecule has 1 aromatic rings. The van der Waals surface area contributed by atoms with E-state index in [9.17, 15) is 5.11 Å². The molecule has 1 rings (SSSR count). The molecule has 2 nitrogen and oxygen atoms in total. The van der Waals surface area contributed by atoms with E-state index in [1.54, 1.807) is 0 Å². The number of aliphatic hydroxyl groups excluding tert-OH is 1. The van der Waals surface area contributed by atoms with Gasteiger partial charge in [0.2, 0.25) is 0 Å². The topological polar surface area (TPSA) is 29.5 Å². The van der Waals surface area contributed by atoms with Gasteiger partial charge >= 0.3 is 0 Å². The summed E-state index contributed by atoms with van der Waals surface area (Å²) in [5, 5.41) is 10.9. The molecule has 3 heteroatoms. The van der Waals surface area contributed by atoms with Gasteiger partial charge in [0, 0.05) is 0 Å². The van der Waals surface area contributed by atoms with Crippen molar-refractivity contribution in [2.75, 3.05) is 12.8 Å². The molecule has 0 radical (unpaired) electrons. The molecule has 0 heterocycles. The van der Waals surface area contributed by atoms with Crippen molar-refractivity contribution in [3.05, 3.63) is 30.3 Å². The highest BCUT2D eigenvalue weighted by atomic mass is 31.1. The highest BCUT2D eigenvalue weighted by molar-refractivity contribution is 7.47. The van der Waals surface area contributed by atoms with Gasteiger partial charge in [-0.3, -0.25) is 0 Å². The van der Waals surface area contributed by atoms with Crippen LogP contribution in [0.15, 0.2) is 30.3 Å². The van der Waals surface area contributed by atoms with Crippen LogP contribution in [0.3, 0.4) is 0 Å². The second kappa shape index (κ2) is 6.95. The normalized spacial score (nSPS) is 13.9. The minimum Gasteiger partial charge on any atom is -0.390 e. The Balaban J connectivity index is 2.19. The van der Waals surface area contributed by atoms with Crippen molar-refractivity contribution in [1.29, 1.82) is 0 Å². The second-order valence-corrected chi connectivity index (χ2v) is 5.12. The van der Waals surface area contributed by atoms with Gasteiger partial charge in [0.15, 0.2) is 0 Å². The fourth-order valence-electron chi connectivity index (χ4n) is 1.15. The molecule has 1 aromatic carbocycles. The molecular formula is C12H19O2P. The molecule has 0 spiro atoms. The summed E-state index contributed by atoms with van der Waals surface area (Å²) < 4.78 is 5.35. The van der Waals surface area contributed by atoms with Crippen LogP contribution < -0.4 is 5.30 Å². The lowest BCUT2D eigenvalue weighted by Crippen LogP contribution is -2.21. The van der Waals surface area contributed by atoms with E-state index >= 15 is 0 Å². The third kappa shape index (κ3) is 5.88. The molecule has 0 saturated carbocycles. The molecule has 0 bridgehead atoms. The Morgan fingerprint density at radius 1 is 1.27 bits per heavy atom. The first-order valence-electron chi connectivity index (χ1n) is 5.27. The lowest BCUT2D eigenvalue weighted by atomic mass is 10.4. The van der Waals surface area contributed by atoms with Crippen molar-refractivity contribution in [2.45, 2.75) is 26.1 Å². The van der Waals surface area contributed by atoms with Gasteiger partial charge in [0.1, 0.15) is 0 Å². The zero-order valence-electron chi connectivity index (χ0n) is 9.31. The van der Waals surface area contributed by atoms with Crippen LogP contribution >= 0.6 is 8.58 Å². The zero-order chi connectivity index (χ0) is 11.1. The first-order valence-corrected chi connectivity index (χ1v) is 6.48. The van der Waals surface area contributed by atoms with Gasteiger partial charge in [0.05, 0.1) is 18.8 Å². The van der Waals surface area contributed by atoms with Crippen molar-refractivity contribution in [3.63, 3.8) is 0 Å². The fraction of sp³-hybridized carbons (Fsp3) is 0.500. The lowest BCUT2D eigenvalue weighted by molar-refractivity contribution is 0.0151. The summed E-state index contributed by atoms with van der Waals surface area (Å²) in [4.78, 5) is 0. The van der Waals surface area contributed by atoms with E-state index < -0.39 is 0 Å². The highest BCUT2D eigenvalue weighted by Gasteiger charge is 2.05. The first-order chi connectivity index (χ1) is 7.18. The fourth-order valence-corrected chi connectivity index (χ4v) is 2.17. The van der Waals surface area contributed by atoms with Gasteiger partial charge < -0.3 is 9.84 Å². The molecule has 0 amide bonds. The van der Waals surface area contributed by atoms with E-state index in [-0.39, 0.29) is 12.2 Å². The van der Waals surface area contributed by atoms with Crippen LogP contribution in [0.5, 0.6) is 0 Å². The Hall–Kier alpha value is -0.430. The van der Waals surface area contributed by atoms with Crippen LogP contribution in [0.25, 0.3) is 0 Å². The highest BCUT2D eigenvalue weighted by Crippen LogP contribution is 2.11. The molecule has 2 atom stereocenters. The summed E-state index contributed by atoms with van der Waals surface area (Å²) in [7, 11) is 0.658. The van der Waals surface area contributed by atoms with Gasteiger partial charge in [-0.1, -0.05) is 38.9 Å². The minimum absolute atomic E-state index is 0.194. The number of ether oxygens (including phenoxy) is 1. The first kappa shape index (κ1) is 12.6. The molecule has 0 aromatic heterocycles. The molecule has 0 saturated heterocycles. The molecule has 84 valence electrons. The molecule has 0 aliphatic carbocycles. The predicted molar refractivity (Wildman–Crippen MR) is 66.4 cm³/mol. The SMILES string of the molecule is CC(C)OCC(O)CPc1ccccc1. The van der Waals surface area contributed by atoms with Crippen molar-refractivity contribution >= 4 is 13.9 Å². The molecule has 0 aliphatic rings. The Morgan fingerprint density at radius 2 is 1.93 bits per heavy atom. The van der Waals surface area contributed by atoms with E-state index in [0.29, 0.717) is 15.2 Å². The molecular weight excluding hydrogens is 207 g/mol. The Kier molecular flexibility index (Phi) is 5.85. The standard InChI is InChI=1S/C12H19O2P/c1-10(2)14-8-11(13)9-15-12-6-4-3-5-7-12/h3-7,10-11,13,15H,8-9H2,1-2H3. The predicted octanol–water partition coefficient (Wildman–Crippen LogP) is 1.78. The second-order valence-electron chi connectivity index (χ2n) is 3.78. The third-order valence-corrected chi connectivity index (χ3v) is 3.35.